The van der Waals surface area contributed by atoms with Crippen LogP contribution >= 0.6 is 0 Å². The lowest BCUT2D eigenvalue weighted by Gasteiger charge is -2.18. The van der Waals surface area contributed by atoms with Gasteiger partial charge in [0.15, 0.2) is 5.96 Å². The number of carbonyl (C=O) groups is 1. The number of rotatable bonds is 7. The molecule has 132 valence electrons. The summed E-state index contributed by atoms with van der Waals surface area (Å²) in [5.74, 6) is 0.902. The average Bonchev–Trinajstić information content (AvgIpc) is 2.51. The van der Waals surface area contributed by atoms with Crippen LogP contribution < -0.4 is 16.0 Å². The van der Waals surface area contributed by atoms with Crippen LogP contribution in [0.1, 0.15) is 59.8 Å². The molecule has 0 heterocycles. The van der Waals surface area contributed by atoms with Crippen LogP contribution in [0.25, 0.3) is 0 Å². The van der Waals surface area contributed by atoms with Gasteiger partial charge in [-0.25, -0.2) is 0 Å². The highest BCUT2D eigenvalue weighted by Crippen LogP contribution is 2.19. The molecule has 0 saturated heterocycles. The molecule has 0 aromatic carbocycles. The Morgan fingerprint density at radius 3 is 2.52 bits per heavy atom. The van der Waals surface area contributed by atoms with Gasteiger partial charge < -0.3 is 16.0 Å². The maximum absolute atomic E-state index is 11.8. The number of aliphatic imine (C=N–C) groups is 1. The van der Waals surface area contributed by atoms with Crippen LogP contribution in [-0.2, 0) is 4.79 Å². The first kappa shape index (κ1) is 19.5. The van der Waals surface area contributed by atoms with Crippen molar-refractivity contribution in [2.75, 3.05) is 26.2 Å². The Labute approximate surface area is 141 Å². The Kier molecular flexibility index (Phi) is 8.74. The summed E-state index contributed by atoms with van der Waals surface area (Å²) in [6, 6.07) is 0. The highest BCUT2D eigenvalue weighted by Gasteiger charge is 2.20. The summed E-state index contributed by atoms with van der Waals surface area (Å²) in [5.41, 5.74) is 1.21. The van der Waals surface area contributed by atoms with Crippen molar-refractivity contribution < 1.29 is 4.79 Å². The highest BCUT2D eigenvalue weighted by atomic mass is 16.2. The minimum atomic E-state index is -0.341. The average molecular weight is 322 g/mol. The number of guanidine groups is 1. The molecule has 0 spiro atoms. The van der Waals surface area contributed by atoms with E-state index in [-0.39, 0.29) is 11.3 Å². The fraction of sp³-hybridized carbons (Fsp3) is 0.778. The Bertz CT molecular complexity index is 421. The minimum Gasteiger partial charge on any atom is -0.357 e. The van der Waals surface area contributed by atoms with Crippen molar-refractivity contribution >= 4 is 11.9 Å². The number of hydrogen-bond acceptors (Lipinski definition) is 2. The van der Waals surface area contributed by atoms with Gasteiger partial charge in [0.25, 0.3) is 0 Å². The molecule has 1 rings (SSSR count). The van der Waals surface area contributed by atoms with E-state index < -0.39 is 0 Å². The van der Waals surface area contributed by atoms with Gasteiger partial charge in [-0.05, 0) is 39.0 Å². The zero-order chi connectivity index (χ0) is 17.1. The quantitative estimate of drug-likeness (QED) is 0.292. The summed E-state index contributed by atoms with van der Waals surface area (Å²) >= 11 is 0. The van der Waals surface area contributed by atoms with Gasteiger partial charge in [0.05, 0.1) is 0 Å². The molecule has 0 atom stereocenters. The zero-order valence-corrected chi connectivity index (χ0v) is 15.3. The number of carbonyl (C=O) groups excluding carboxylic acids is 1. The molecular formula is C18H34N4O. The van der Waals surface area contributed by atoms with Gasteiger partial charge in [-0.3, -0.25) is 9.79 Å². The molecule has 1 amide bonds. The number of allylic oxidation sites excluding steroid dienone is 1. The first-order valence-corrected chi connectivity index (χ1v) is 8.92. The molecule has 0 aromatic heterocycles. The van der Waals surface area contributed by atoms with Gasteiger partial charge >= 0.3 is 0 Å². The van der Waals surface area contributed by atoms with E-state index in [2.05, 4.69) is 33.9 Å². The molecule has 1 aliphatic rings. The van der Waals surface area contributed by atoms with E-state index in [9.17, 15) is 4.79 Å². The topological polar surface area (TPSA) is 65.5 Å². The summed E-state index contributed by atoms with van der Waals surface area (Å²) in [6.07, 6.45) is 8.54. The minimum absolute atomic E-state index is 0.0745. The van der Waals surface area contributed by atoms with Crippen LogP contribution in [-0.4, -0.2) is 38.0 Å². The molecule has 3 N–H and O–H groups in total. The molecule has 5 heteroatoms. The normalized spacial score (nSPS) is 15.8. The number of amides is 1. The molecule has 0 unspecified atom stereocenters. The molecule has 1 aliphatic carbocycles. The third-order valence-electron chi connectivity index (χ3n) is 3.82. The lowest BCUT2D eigenvalue weighted by Crippen LogP contribution is -2.43. The molecule has 0 bridgehead atoms. The van der Waals surface area contributed by atoms with Crippen LogP contribution in [0.2, 0.25) is 0 Å². The van der Waals surface area contributed by atoms with Crippen LogP contribution in [0.4, 0.5) is 0 Å². The lowest BCUT2D eigenvalue weighted by molar-refractivity contribution is -0.128. The Hall–Kier alpha value is -1.52. The fourth-order valence-electron chi connectivity index (χ4n) is 2.41. The van der Waals surface area contributed by atoms with Crippen molar-refractivity contribution in [3.63, 3.8) is 0 Å². The SMILES string of the molecule is CCNC(=NCCC1=CCCCC1)NCCNC(=O)C(C)(C)C. The molecule has 0 aliphatic heterocycles. The number of hydrogen-bond donors (Lipinski definition) is 3. The summed E-state index contributed by atoms with van der Waals surface area (Å²) < 4.78 is 0. The second-order valence-corrected chi connectivity index (χ2v) is 7.05. The van der Waals surface area contributed by atoms with E-state index in [0.717, 1.165) is 25.5 Å². The van der Waals surface area contributed by atoms with E-state index in [1.54, 1.807) is 5.57 Å². The second-order valence-electron chi connectivity index (χ2n) is 7.05. The maximum atomic E-state index is 11.8. The monoisotopic (exact) mass is 322 g/mol. The van der Waals surface area contributed by atoms with Crippen molar-refractivity contribution in [2.24, 2.45) is 10.4 Å². The first-order chi connectivity index (χ1) is 10.9. The predicted molar refractivity (Wildman–Crippen MR) is 97.6 cm³/mol. The van der Waals surface area contributed by atoms with Crippen LogP contribution in [0.15, 0.2) is 16.6 Å². The van der Waals surface area contributed by atoms with E-state index >= 15 is 0 Å². The van der Waals surface area contributed by atoms with Crippen LogP contribution in [0.5, 0.6) is 0 Å². The van der Waals surface area contributed by atoms with Crippen molar-refractivity contribution in [3.05, 3.63) is 11.6 Å². The molecule has 0 radical (unpaired) electrons. The summed E-state index contributed by atoms with van der Waals surface area (Å²) in [4.78, 5) is 16.4. The van der Waals surface area contributed by atoms with Crippen molar-refractivity contribution in [1.29, 1.82) is 0 Å². The molecule has 0 fully saturated rings. The third kappa shape index (κ3) is 8.62. The summed E-state index contributed by atoms with van der Waals surface area (Å²) in [5, 5.41) is 9.45. The van der Waals surface area contributed by atoms with Gasteiger partial charge in [-0.15, -0.1) is 0 Å². The molecule has 0 aromatic rings. The Morgan fingerprint density at radius 1 is 1.17 bits per heavy atom. The number of nitrogens with zero attached hydrogens (tertiary/aromatic N) is 1. The zero-order valence-electron chi connectivity index (χ0n) is 15.3. The predicted octanol–water partition coefficient (Wildman–Crippen LogP) is 2.59. The van der Waals surface area contributed by atoms with Gasteiger partial charge in [0, 0.05) is 31.6 Å². The molecule has 23 heavy (non-hydrogen) atoms. The summed E-state index contributed by atoms with van der Waals surface area (Å²) in [7, 11) is 0. The third-order valence-corrected chi connectivity index (χ3v) is 3.82. The van der Waals surface area contributed by atoms with Gasteiger partial charge in [-0.1, -0.05) is 32.4 Å². The van der Waals surface area contributed by atoms with Gasteiger partial charge in [-0.2, -0.15) is 0 Å². The molecular weight excluding hydrogens is 288 g/mol. The van der Waals surface area contributed by atoms with Crippen LogP contribution in [0, 0.1) is 5.41 Å². The number of nitrogens with one attached hydrogen (secondary N) is 3. The van der Waals surface area contributed by atoms with Gasteiger partial charge in [0.2, 0.25) is 5.91 Å². The van der Waals surface area contributed by atoms with E-state index in [1.807, 2.05) is 20.8 Å². The van der Waals surface area contributed by atoms with Crippen molar-refractivity contribution in [1.82, 2.24) is 16.0 Å². The standard InChI is InChI=1S/C18H34N4O/c1-5-19-17(21-12-11-15-9-7-6-8-10-15)22-14-13-20-16(23)18(2,3)4/h9H,5-8,10-14H2,1-4H3,(H,20,23)(H2,19,21,22). The lowest BCUT2D eigenvalue weighted by atomic mass is 9.96. The van der Waals surface area contributed by atoms with E-state index in [4.69, 9.17) is 0 Å². The second kappa shape index (κ2) is 10.3. The van der Waals surface area contributed by atoms with E-state index in [1.165, 1.54) is 25.7 Å². The summed E-state index contributed by atoms with van der Waals surface area (Å²) in [6.45, 7) is 10.7. The first-order valence-electron chi connectivity index (χ1n) is 8.92. The smallest absolute Gasteiger partial charge is 0.225 e. The molecule has 5 nitrogen and oxygen atoms in total. The highest BCUT2D eigenvalue weighted by molar-refractivity contribution is 5.81. The largest absolute Gasteiger partial charge is 0.357 e. The maximum Gasteiger partial charge on any atom is 0.225 e. The van der Waals surface area contributed by atoms with Crippen molar-refractivity contribution in [2.45, 2.75) is 59.8 Å². The Balaban J connectivity index is 2.29. The van der Waals surface area contributed by atoms with E-state index in [0.29, 0.717) is 13.1 Å². The fourth-order valence-corrected chi connectivity index (χ4v) is 2.41. The molecule has 0 saturated carbocycles. The van der Waals surface area contributed by atoms with Crippen LogP contribution in [0.3, 0.4) is 0 Å². The van der Waals surface area contributed by atoms with Crippen molar-refractivity contribution in [3.8, 4) is 0 Å². The Morgan fingerprint density at radius 2 is 1.91 bits per heavy atom. The van der Waals surface area contributed by atoms with Gasteiger partial charge in [0.1, 0.15) is 0 Å².